The molecule has 2 rings (SSSR count). The molecule has 1 aromatic rings. The fourth-order valence-corrected chi connectivity index (χ4v) is 2.68. The topological polar surface area (TPSA) is 58.4 Å². The minimum atomic E-state index is -0.369. The summed E-state index contributed by atoms with van der Waals surface area (Å²) in [7, 11) is 2.20. The Labute approximate surface area is 121 Å². The number of nitrogens with zero attached hydrogens (tertiary/aromatic N) is 1. The van der Waals surface area contributed by atoms with Gasteiger partial charge in [0.1, 0.15) is 0 Å². The number of primary amides is 1. The number of hydrogen-bond donors (Lipinski definition) is 2. The van der Waals surface area contributed by atoms with Gasteiger partial charge in [-0.2, -0.15) is 0 Å². The highest BCUT2D eigenvalue weighted by Gasteiger charge is 2.15. The lowest BCUT2D eigenvalue weighted by Gasteiger charge is -2.28. The SMILES string of the molecule is CN1CCC(CCNCc2ccc(C(N)=O)cc2)CC1. The molecule has 1 saturated heterocycles. The first-order valence-corrected chi connectivity index (χ1v) is 7.43. The van der Waals surface area contributed by atoms with Crippen LogP contribution in [0.15, 0.2) is 24.3 Å². The van der Waals surface area contributed by atoms with Crippen molar-refractivity contribution in [2.45, 2.75) is 25.8 Å². The van der Waals surface area contributed by atoms with E-state index in [1.807, 2.05) is 12.1 Å². The number of carbonyl (C=O) groups excluding carboxylic acids is 1. The molecule has 0 aliphatic carbocycles. The van der Waals surface area contributed by atoms with Gasteiger partial charge in [0, 0.05) is 12.1 Å². The van der Waals surface area contributed by atoms with Crippen molar-refractivity contribution in [3.05, 3.63) is 35.4 Å². The molecule has 110 valence electrons. The number of carbonyl (C=O) groups is 1. The average molecular weight is 275 g/mol. The van der Waals surface area contributed by atoms with Crippen LogP contribution in [0.3, 0.4) is 0 Å². The molecule has 1 aromatic carbocycles. The van der Waals surface area contributed by atoms with E-state index in [1.54, 1.807) is 12.1 Å². The van der Waals surface area contributed by atoms with Gasteiger partial charge < -0.3 is 16.0 Å². The van der Waals surface area contributed by atoms with E-state index in [4.69, 9.17) is 5.73 Å². The third kappa shape index (κ3) is 4.62. The van der Waals surface area contributed by atoms with Crippen molar-refractivity contribution >= 4 is 5.91 Å². The molecule has 3 N–H and O–H groups in total. The third-order valence-corrected chi connectivity index (χ3v) is 4.14. The van der Waals surface area contributed by atoms with Gasteiger partial charge in [-0.1, -0.05) is 12.1 Å². The van der Waals surface area contributed by atoms with Crippen LogP contribution in [-0.4, -0.2) is 37.5 Å². The molecule has 0 unspecified atom stereocenters. The number of amides is 1. The first kappa shape index (κ1) is 15.0. The molecular weight excluding hydrogens is 250 g/mol. The monoisotopic (exact) mass is 275 g/mol. The summed E-state index contributed by atoms with van der Waals surface area (Å²) in [4.78, 5) is 13.4. The minimum absolute atomic E-state index is 0.369. The summed E-state index contributed by atoms with van der Waals surface area (Å²) in [6, 6.07) is 7.50. The first-order valence-electron chi connectivity index (χ1n) is 7.43. The lowest BCUT2D eigenvalue weighted by Crippen LogP contribution is -2.31. The fourth-order valence-electron chi connectivity index (χ4n) is 2.68. The van der Waals surface area contributed by atoms with Gasteiger partial charge in [0.15, 0.2) is 0 Å². The Hall–Kier alpha value is -1.39. The Morgan fingerprint density at radius 1 is 1.30 bits per heavy atom. The van der Waals surface area contributed by atoms with Crippen molar-refractivity contribution < 1.29 is 4.79 Å². The third-order valence-electron chi connectivity index (χ3n) is 4.14. The van der Waals surface area contributed by atoms with Gasteiger partial charge in [-0.3, -0.25) is 4.79 Å². The predicted molar refractivity (Wildman–Crippen MR) is 81.5 cm³/mol. The average Bonchev–Trinajstić information content (AvgIpc) is 2.46. The Morgan fingerprint density at radius 3 is 2.55 bits per heavy atom. The second-order valence-corrected chi connectivity index (χ2v) is 5.77. The van der Waals surface area contributed by atoms with E-state index >= 15 is 0 Å². The summed E-state index contributed by atoms with van der Waals surface area (Å²) in [5.74, 6) is 0.503. The van der Waals surface area contributed by atoms with Crippen LogP contribution in [0.1, 0.15) is 35.2 Å². The summed E-state index contributed by atoms with van der Waals surface area (Å²) < 4.78 is 0. The maximum Gasteiger partial charge on any atom is 0.248 e. The Morgan fingerprint density at radius 2 is 1.95 bits per heavy atom. The van der Waals surface area contributed by atoms with Gasteiger partial charge in [0.25, 0.3) is 0 Å². The molecule has 20 heavy (non-hydrogen) atoms. The smallest absolute Gasteiger partial charge is 0.248 e. The van der Waals surface area contributed by atoms with Crippen molar-refractivity contribution in [1.82, 2.24) is 10.2 Å². The molecular formula is C16H25N3O. The van der Waals surface area contributed by atoms with E-state index < -0.39 is 0 Å². The molecule has 4 heteroatoms. The second-order valence-electron chi connectivity index (χ2n) is 5.77. The van der Waals surface area contributed by atoms with Crippen molar-refractivity contribution in [2.24, 2.45) is 11.7 Å². The number of likely N-dealkylation sites (tertiary alicyclic amines) is 1. The number of nitrogens with two attached hydrogens (primary N) is 1. The lowest BCUT2D eigenvalue weighted by molar-refractivity contribution is 0.100. The molecule has 0 aromatic heterocycles. The van der Waals surface area contributed by atoms with E-state index in [2.05, 4.69) is 17.3 Å². The molecule has 0 atom stereocenters. The highest BCUT2D eigenvalue weighted by molar-refractivity contribution is 5.92. The van der Waals surface area contributed by atoms with Gasteiger partial charge in [-0.25, -0.2) is 0 Å². The maximum atomic E-state index is 11.0. The fraction of sp³-hybridized carbons (Fsp3) is 0.562. The van der Waals surface area contributed by atoms with Crippen LogP contribution in [0, 0.1) is 5.92 Å². The zero-order chi connectivity index (χ0) is 14.4. The summed E-state index contributed by atoms with van der Waals surface area (Å²) >= 11 is 0. The molecule has 1 aliphatic heterocycles. The van der Waals surface area contributed by atoms with Crippen LogP contribution in [0.25, 0.3) is 0 Å². The van der Waals surface area contributed by atoms with Gasteiger partial charge in [0.05, 0.1) is 0 Å². The Bertz CT molecular complexity index is 422. The van der Waals surface area contributed by atoms with E-state index in [1.165, 1.54) is 37.9 Å². The van der Waals surface area contributed by atoms with E-state index in [0.29, 0.717) is 5.56 Å². The van der Waals surface area contributed by atoms with Crippen molar-refractivity contribution in [2.75, 3.05) is 26.7 Å². The number of piperidine rings is 1. The normalized spacial score (nSPS) is 17.2. The van der Waals surface area contributed by atoms with E-state index in [-0.39, 0.29) is 5.91 Å². The standard InChI is InChI=1S/C16H25N3O/c1-19-10-7-13(8-11-19)6-9-18-12-14-2-4-15(5-3-14)16(17)20/h2-5,13,18H,6-12H2,1H3,(H2,17,20). The molecule has 0 radical (unpaired) electrons. The van der Waals surface area contributed by atoms with Crippen LogP contribution in [0.4, 0.5) is 0 Å². The number of nitrogens with one attached hydrogen (secondary N) is 1. The van der Waals surface area contributed by atoms with Crippen molar-refractivity contribution in [3.63, 3.8) is 0 Å². The predicted octanol–water partition coefficient (Wildman–Crippen LogP) is 1.61. The van der Waals surface area contributed by atoms with Gasteiger partial charge in [0.2, 0.25) is 5.91 Å². The molecule has 0 saturated carbocycles. The van der Waals surface area contributed by atoms with Crippen molar-refractivity contribution in [1.29, 1.82) is 0 Å². The summed E-state index contributed by atoms with van der Waals surface area (Å²) in [6.45, 7) is 4.39. The quantitative estimate of drug-likeness (QED) is 0.775. The minimum Gasteiger partial charge on any atom is -0.366 e. The van der Waals surface area contributed by atoms with Crippen molar-refractivity contribution in [3.8, 4) is 0 Å². The number of benzene rings is 1. The van der Waals surface area contributed by atoms with Crippen LogP contribution < -0.4 is 11.1 Å². The van der Waals surface area contributed by atoms with E-state index in [0.717, 1.165) is 19.0 Å². The van der Waals surface area contributed by atoms with Crippen LogP contribution in [0.5, 0.6) is 0 Å². The first-order chi connectivity index (χ1) is 9.65. The number of rotatable bonds is 6. The second kappa shape index (κ2) is 7.41. The molecule has 1 heterocycles. The van der Waals surface area contributed by atoms with Gasteiger partial charge in [-0.15, -0.1) is 0 Å². The Kier molecular flexibility index (Phi) is 5.56. The van der Waals surface area contributed by atoms with E-state index in [9.17, 15) is 4.79 Å². The van der Waals surface area contributed by atoms with Crippen LogP contribution >= 0.6 is 0 Å². The lowest BCUT2D eigenvalue weighted by atomic mass is 9.94. The Balaban J connectivity index is 1.64. The van der Waals surface area contributed by atoms with Gasteiger partial charge >= 0.3 is 0 Å². The molecule has 4 nitrogen and oxygen atoms in total. The van der Waals surface area contributed by atoms with Crippen LogP contribution in [0.2, 0.25) is 0 Å². The summed E-state index contributed by atoms with van der Waals surface area (Å²) in [5, 5.41) is 3.48. The molecule has 0 bridgehead atoms. The van der Waals surface area contributed by atoms with Crippen LogP contribution in [-0.2, 0) is 6.54 Å². The zero-order valence-corrected chi connectivity index (χ0v) is 12.3. The molecule has 1 aliphatic rings. The zero-order valence-electron chi connectivity index (χ0n) is 12.3. The highest BCUT2D eigenvalue weighted by Crippen LogP contribution is 2.18. The summed E-state index contributed by atoms with van der Waals surface area (Å²) in [6.07, 6.45) is 3.91. The number of hydrogen-bond acceptors (Lipinski definition) is 3. The maximum absolute atomic E-state index is 11.0. The summed E-state index contributed by atoms with van der Waals surface area (Å²) in [5.41, 5.74) is 6.98. The molecule has 1 amide bonds. The van der Waals surface area contributed by atoms with Gasteiger partial charge in [-0.05, 0) is 69.6 Å². The molecule has 0 spiro atoms. The largest absolute Gasteiger partial charge is 0.366 e. The highest BCUT2D eigenvalue weighted by atomic mass is 16.1. The molecule has 1 fully saturated rings.